The van der Waals surface area contributed by atoms with Crippen molar-refractivity contribution in [2.45, 2.75) is 38.1 Å². The Kier molecular flexibility index (Phi) is 6.33. The first kappa shape index (κ1) is 20.7. The van der Waals surface area contributed by atoms with Crippen LogP contribution < -0.4 is 0 Å². The highest BCUT2D eigenvalue weighted by molar-refractivity contribution is 7.89. The van der Waals surface area contributed by atoms with Gasteiger partial charge in [-0.2, -0.15) is 4.31 Å². The second-order valence-corrected chi connectivity index (χ2v) is 9.60. The Labute approximate surface area is 168 Å². The van der Waals surface area contributed by atoms with Crippen LogP contribution in [-0.4, -0.2) is 49.6 Å². The van der Waals surface area contributed by atoms with E-state index in [4.69, 9.17) is 0 Å². The lowest BCUT2D eigenvalue weighted by Gasteiger charge is -2.34. The predicted octanol–water partition coefficient (Wildman–Crippen LogP) is 3.52. The molecule has 0 N–H and O–H groups in total. The summed E-state index contributed by atoms with van der Waals surface area (Å²) in [6.07, 6.45) is 0. The van der Waals surface area contributed by atoms with Crippen LogP contribution in [0.25, 0.3) is 0 Å². The quantitative estimate of drug-likeness (QED) is 0.696. The van der Waals surface area contributed by atoms with Gasteiger partial charge in [-0.3, -0.25) is 9.69 Å². The van der Waals surface area contributed by atoms with Crippen molar-refractivity contribution >= 4 is 15.8 Å². The van der Waals surface area contributed by atoms with Gasteiger partial charge in [0.25, 0.3) is 0 Å². The van der Waals surface area contributed by atoms with E-state index in [1.807, 2.05) is 0 Å². The summed E-state index contributed by atoms with van der Waals surface area (Å²) in [6.45, 7) is 8.92. The standard InChI is InChI=1S/C22H28N2O3S/c1-17(2)20-9-7-19(8-10-20)16-23-11-13-24(14-12-23)28(26,27)22-6-4-5-21(15-22)18(3)25/h4-10,15,17H,11-14,16H2,1-3H3. The second-order valence-electron chi connectivity index (χ2n) is 7.66. The summed E-state index contributed by atoms with van der Waals surface area (Å²) in [5, 5.41) is 0. The van der Waals surface area contributed by atoms with Gasteiger partial charge < -0.3 is 0 Å². The van der Waals surface area contributed by atoms with Crippen LogP contribution in [0.15, 0.2) is 53.4 Å². The zero-order chi connectivity index (χ0) is 20.3. The zero-order valence-corrected chi connectivity index (χ0v) is 17.6. The van der Waals surface area contributed by atoms with E-state index in [9.17, 15) is 13.2 Å². The molecule has 1 aliphatic heterocycles. The van der Waals surface area contributed by atoms with Gasteiger partial charge in [-0.15, -0.1) is 0 Å². The minimum Gasteiger partial charge on any atom is -0.296 e. The van der Waals surface area contributed by atoms with Crippen LogP contribution in [0.4, 0.5) is 0 Å². The highest BCUT2D eigenvalue weighted by atomic mass is 32.2. The highest BCUT2D eigenvalue weighted by Gasteiger charge is 2.28. The van der Waals surface area contributed by atoms with Crippen molar-refractivity contribution in [3.05, 3.63) is 65.2 Å². The molecule has 0 unspecified atom stereocenters. The Morgan fingerprint density at radius 2 is 1.64 bits per heavy atom. The number of sulfonamides is 1. The van der Waals surface area contributed by atoms with E-state index in [2.05, 4.69) is 43.0 Å². The van der Waals surface area contributed by atoms with Crippen molar-refractivity contribution < 1.29 is 13.2 Å². The molecule has 0 saturated carbocycles. The van der Waals surface area contributed by atoms with Gasteiger partial charge in [0.15, 0.2) is 5.78 Å². The summed E-state index contributed by atoms with van der Waals surface area (Å²) in [6, 6.07) is 15.0. The van der Waals surface area contributed by atoms with E-state index >= 15 is 0 Å². The molecule has 0 radical (unpaired) electrons. The molecular weight excluding hydrogens is 372 g/mol. The molecule has 2 aromatic carbocycles. The minimum absolute atomic E-state index is 0.134. The van der Waals surface area contributed by atoms with Crippen LogP contribution in [0, 0.1) is 0 Å². The third-order valence-corrected chi connectivity index (χ3v) is 7.16. The van der Waals surface area contributed by atoms with Crippen molar-refractivity contribution in [1.29, 1.82) is 0 Å². The van der Waals surface area contributed by atoms with Crippen LogP contribution in [0.3, 0.4) is 0 Å². The zero-order valence-electron chi connectivity index (χ0n) is 16.8. The summed E-state index contributed by atoms with van der Waals surface area (Å²) >= 11 is 0. The number of ketones is 1. The number of benzene rings is 2. The second kappa shape index (κ2) is 8.55. The van der Waals surface area contributed by atoms with Crippen LogP contribution in [0.1, 0.15) is 48.2 Å². The largest absolute Gasteiger partial charge is 0.296 e. The molecule has 150 valence electrons. The van der Waals surface area contributed by atoms with E-state index in [0.29, 0.717) is 37.7 Å². The van der Waals surface area contributed by atoms with Gasteiger partial charge in [-0.05, 0) is 36.1 Å². The Bertz CT molecular complexity index is 929. The van der Waals surface area contributed by atoms with Gasteiger partial charge in [0.2, 0.25) is 10.0 Å². The van der Waals surface area contributed by atoms with E-state index in [-0.39, 0.29) is 10.7 Å². The smallest absolute Gasteiger partial charge is 0.243 e. The van der Waals surface area contributed by atoms with Gasteiger partial charge in [0.05, 0.1) is 4.90 Å². The molecule has 1 fully saturated rings. The predicted molar refractivity (Wildman–Crippen MR) is 111 cm³/mol. The molecule has 0 spiro atoms. The summed E-state index contributed by atoms with van der Waals surface area (Å²) < 4.78 is 27.4. The topological polar surface area (TPSA) is 57.7 Å². The summed E-state index contributed by atoms with van der Waals surface area (Å²) in [7, 11) is -3.58. The van der Waals surface area contributed by atoms with Gasteiger partial charge >= 0.3 is 0 Å². The molecule has 1 heterocycles. The highest BCUT2D eigenvalue weighted by Crippen LogP contribution is 2.20. The number of rotatable bonds is 6. The van der Waals surface area contributed by atoms with Crippen molar-refractivity contribution in [2.75, 3.05) is 26.2 Å². The molecule has 5 nitrogen and oxygen atoms in total. The Balaban J connectivity index is 1.63. The first-order valence-corrected chi connectivity index (χ1v) is 11.1. The van der Waals surface area contributed by atoms with E-state index in [1.165, 1.54) is 28.4 Å². The lowest BCUT2D eigenvalue weighted by molar-refractivity contribution is 0.101. The first-order valence-electron chi connectivity index (χ1n) is 9.69. The summed E-state index contributed by atoms with van der Waals surface area (Å²) in [4.78, 5) is 14.0. The normalized spacial score (nSPS) is 16.4. The SMILES string of the molecule is CC(=O)c1cccc(S(=O)(=O)N2CCN(Cc3ccc(C(C)C)cc3)CC2)c1. The Morgan fingerprint density at radius 1 is 1.00 bits per heavy atom. The fourth-order valence-corrected chi connectivity index (χ4v) is 4.89. The number of nitrogens with zero attached hydrogens (tertiary/aromatic N) is 2. The number of Topliss-reactive ketones (excluding diaryl/α,β-unsaturated/α-hetero) is 1. The van der Waals surface area contributed by atoms with Crippen LogP contribution in [0.5, 0.6) is 0 Å². The van der Waals surface area contributed by atoms with Gasteiger partial charge in [0.1, 0.15) is 0 Å². The fourth-order valence-electron chi connectivity index (χ4n) is 3.42. The monoisotopic (exact) mass is 400 g/mol. The lowest BCUT2D eigenvalue weighted by atomic mass is 10.0. The number of carbonyl (C=O) groups excluding carboxylic acids is 1. The molecule has 0 aliphatic carbocycles. The molecule has 6 heteroatoms. The van der Waals surface area contributed by atoms with Crippen molar-refractivity contribution in [2.24, 2.45) is 0 Å². The average molecular weight is 401 g/mol. The van der Waals surface area contributed by atoms with Gasteiger partial charge in [-0.25, -0.2) is 8.42 Å². The molecule has 0 amide bonds. The number of carbonyl (C=O) groups is 1. The van der Waals surface area contributed by atoms with Gasteiger partial charge in [0, 0.05) is 38.3 Å². The maximum absolute atomic E-state index is 12.9. The molecule has 1 aliphatic rings. The maximum atomic E-state index is 12.9. The molecule has 3 rings (SSSR count). The Hall–Kier alpha value is -2.02. The van der Waals surface area contributed by atoms with Crippen molar-refractivity contribution in [1.82, 2.24) is 9.21 Å². The fraction of sp³-hybridized carbons (Fsp3) is 0.409. The molecule has 28 heavy (non-hydrogen) atoms. The van der Waals surface area contributed by atoms with E-state index < -0.39 is 10.0 Å². The summed E-state index contributed by atoms with van der Waals surface area (Å²) in [5.74, 6) is 0.384. The van der Waals surface area contributed by atoms with Gasteiger partial charge in [-0.1, -0.05) is 50.2 Å². The minimum atomic E-state index is -3.58. The number of hydrogen-bond acceptors (Lipinski definition) is 4. The molecule has 0 bridgehead atoms. The van der Waals surface area contributed by atoms with E-state index in [1.54, 1.807) is 18.2 Å². The van der Waals surface area contributed by atoms with Crippen molar-refractivity contribution in [3.8, 4) is 0 Å². The first-order chi connectivity index (χ1) is 13.3. The Morgan fingerprint density at radius 3 is 2.21 bits per heavy atom. The maximum Gasteiger partial charge on any atom is 0.243 e. The average Bonchev–Trinajstić information content (AvgIpc) is 2.69. The molecule has 0 atom stereocenters. The molecule has 2 aromatic rings. The van der Waals surface area contributed by atoms with Crippen LogP contribution in [0.2, 0.25) is 0 Å². The van der Waals surface area contributed by atoms with Crippen molar-refractivity contribution in [3.63, 3.8) is 0 Å². The van der Waals surface area contributed by atoms with E-state index in [0.717, 1.165) is 6.54 Å². The van der Waals surface area contributed by atoms with Crippen LogP contribution >= 0.6 is 0 Å². The molecule has 0 aromatic heterocycles. The van der Waals surface area contributed by atoms with Crippen LogP contribution in [-0.2, 0) is 16.6 Å². The third-order valence-electron chi connectivity index (χ3n) is 5.26. The number of hydrogen-bond donors (Lipinski definition) is 0. The lowest BCUT2D eigenvalue weighted by Crippen LogP contribution is -2.48. The number of piperazine rings is 1. The molecule has 1 saturated heterocycles. The third kappa shape index (κ3) is 4.69. The molecular formula is C22H28N2O3S. The summed E-state index contributed by atoms with van der Waals surface area (Å²) in [5.41, 5.74) is 2.99.